The number of H-pyrrole nitrogens is 1. The van der Waals surface area contributed by atoms with Gasteiger partial charge in [0.2, 0.25) is 5.91 Å². The molecule has 2 atom stereocenters. The topological polar surface area (TPSA) is 94.5 Å². The van der Waals surface area contributed by atoms with Crippen LogP contribution in [0.1, 0.15) is 42.2 Å². The molecule has 1 aliphatic rings. The van der Waals surface area contributed by atoms with Gasteiger partial charge in [-0.15, -0.1) is 0 Å². The predicted octanol–water partition coefficient (Wildman–Crippen LogP) is 1.55. The molecular weight excluding hydrogens is 346 g/mol. The quantitative estimate of drug-likeness (QED) is 0.768. The average molecular weight is 373 g/mol. The fourth-order valence-corrected chi connectivity index (χ4v) is 3.61. The van der Waals surface area contributed by atoms with E-state index in [9.17, 15) is 9.59 Å². The molecule has 0 radical (unpaired) electrons. The van der Waals surface area contributed by atoms with Gasteiger partial charge in [-0.05, 0) is 39.3 Å². The summed E-state index contributed by atoms with van der Waals surface area (Å²) in [6.07, 6.45) is 2.30. The summed E-state index contributed by atoms with van der Waals surface area (Å²) < 4.78 is 5.33. The molecule has 2 N–H and O–H groups in total. The van der Waals surface area contributed by atoms with E-state index < -0.39 is 0 Å². The van der Waals surface area contributed by atoms with Crippen LogP contribution in [-0.4, -0.2) is 63.5 Å². The third kappa shape index (κ3) is 4.39. The normalized spacial score (nSPS) is 20.0. The Morgan fingerprint density at radius 2 is 2.19 bits per heavy atom. The van der Waals surface area contributed by atoms with Gasteiger partial charge < -0.3 is 19.7 Å². The molecule has 3 heterocycles. The van der Waals surface area contributed by atoms with Gasteiger partial charge in [0.05, 0.1) is 18.3 Å². The lowest BCUT2D eigenvalue weighted by molar-refractivity contribution is -0.135. The van der Waals surface area contributed by atoms with Gasteiger partial charge in [0.15, 0.2) is 5.76 Å². The highest BCUT2D eigenvalue weighted by Gasteiger charge is 2.39. The van der Waals surface area contributed by atoms with Gasteiger partial charge in [0.1, 0.15) is 5.69 Å². The zero-order valence-electron chi connectivity index (χ0n) is 16.1. The van der Waals surface area contributed by atoms with Crippen LogP contribution in [0.25, 0.3) is 0 Å². The molecule has 0 saturated carbocycles. The molecular formula is C19H27N5O3. The fourth-order valence-electron chi connectivity index (χ4n) is 3.61. The SMILES string of the molecule is CCN(CC)C(=O)[C@@H]1C[C@@H](NC(=O)c2ccc[nH]2)CN1Cc1cc(C)no1. The number of aryl methyl sites for hydroxylation is 1. The maximum atomic E-state index is 13.0. The van der Waals surface area contributed by atoms with Crippen LogP contribution in [0.4, 0.5) is 0 Å². The zero-order chi connectivity index (χ0) is 19.4. The number of aromatic amines is 1. The van der Waals surface area contributed by atoms with E-state index in [4.69, 9.17) is 4.52 Å². The van der Waals surface area contributed by atoms with Crippen LogP contribution in [0.5, 0.6) is 0 Å². The van der Waals surface area contributed by atoms with Crippen LogP contribution in [0.15, 0.2) is 28.9 Å². The van der Waals surface area contributed by atoms with Crippen molar-refractivity contribution < 1.29 is 14.1 Å². The van der Waals surface area contributed by atoms with Gasteiger partial charge in [-0.1, -0.05) is 5.16 Å². The van der Waals surface area contributed by atoms with Gasteiger partial charge in [-0.25, -0.2) is 0 Å². The lowest BCUT2D eigenvalue weighted by Crippen LogP contribution is -2.45. The summed E-state index contributed by atoms with van der Waals surface area (Å²) >= 11 is 0. The molecule has 1 fully saturated rings. The number of carbonyl (C=O) groups is 2. The number of amides is 2. The van der Waals surface area contributed by atoms with Crippen molar-refractivity contribution in [3.63, 3.8) is 0 Å². The summed E-state index contributed by atoms with van der Waals surface area (Å²) in [6, 6.07) is 5.01. The van der Waals surface area contributed by atoms with Crippen LogP contribution in [-0.2, 0) is 11.3 Å². The minimum absolute atomic E-state index is 0.0906. The first-order valence-corrected chi connectivity index (χ1v) is 9.41. The number of hydrogen-bond acceptors (Lipinski definition) is 5. The number of rotatable bonds is 7. The Kier molecular flexibility index (Phi) is 5.95. The molecule has 0 aromatic carbocycles. The zero-order valence-corrected chi connectivity index (χ0v) is 16.1. The van der Waals surface area contributed by atoms with Gasteiger partial charge in [-0.3, -0.25) is 14.5 Å². The van der Waals surface area contributed by atoms with Crippen LogP contribution < -0.4 is 5.32 Å². The Balaban J connectivity index is 1.73. The van der Waals surface area contributed by atoms with Crippen LogP contribution in [0.3, 0.4) is 0 Å². The first-order valence-electron chi connectivity index (χ1n) is 9.41. The summed E-state index contributed by atoms with van der Waals surface area (Å²) in [5, 5.41) is 6.96. The van der Waals surface area contributed by atoms with E-state index in [-0.39, 0.29) is 23.9 Å². The minimum atomic E-state index is -0.288. The molecule has 3 rings (SSSR count). The van der Waals surface area contributed by atoms with Crippen LogP contribution in [0, 0.1) is 6.92 Å². The highest BCUT2D eigenvalue weighted by molar-refractivity contribution is 5.92. The summed E-state index contributed by atoms with van der Waals surface area (Å²) in [4.78, 5) is 32.2. The average Bonchev–Trinajstić information content (AvgIpc) is 3.38. The van der Waals surface area contributed by atoms with E-state index >= 15 is 0 Å². The lowest BCUT2D eigenvalue weighted by Gasteiger charge is -2.28. The molecule has 8 nitrogen and oxygen atoms in total. The lowest BCUT2D eigenvalue weighted by atomic mass is 10.1. The molecule has 2 aromatic heterocycles. The minimum Gasteiger partial charge on any atom is -0.360 e. The molecule has 8 heteroatoms. The van der Waals surface area contributed by atoms with Crippen molar-refractivity contribution in [2.75, 3.05) is 19.6 Å². The highest BCUT2D eigenvalue weighted by Crippen LogP contribution is 2.23. The Hall–Kier alpha value is -2.61. The van der Waals surface area contributed by atoms with Crippen LogP contribution in [0.2, 0.25) is 0 Å². The Morgan fingerprint density at radius 1 is 1.41 bits per heavy atom. The molecule has 0 aliphatic carbocycles. The monoisotopic (exact) mass is 373 g/mol. The number of nitrogens with zero attached hydrogens (tertiary/aromatic N) is 3. The van der Waals surface area contributed by atoms with Gasteiger partial charge in [0, 0.05) is 37.9 Å². The first-order chi connectivity index (χ1) is 13.0. The van der Waals surface area contributed by atoms with Crippen molar-refractivity contribution in [2.24, 2.45) is 0 Å². The molecule has 146 valence electrons. The van der Waals surface area contributed by atoms with Crippen molar-refractivity contribution in [1.82, 2.24) is 25.3 Å². The van der Waals surface area contributed by atoms with Gasteiger partial charge >= 0.3 is 0 Å². The Labute approximate surface area is 158 Å². The molecule has 2 aromatic rings. The third-order valence-electron chi connectivity index (χ3n) is 4.98. The van der Waals surface area contributed by atoms with E-state index in [2.05, 4.69) is 20.4 Å². The van der Waals surface area contributed by atoms with E-state index in [1.807, 2.05) is 31.7 Å². The fraction of sp³-hybridized carbons (Fsp3) is 0.526. The standard InChI is InChI=1S/C19H27N5O3/c1-4-23(5-2)19(26)17-10-14(21-18(25)16-7-6-8-20-16)11-24(17)12-15-9-13(3)22-27-15/h6-9,14,17,20H,4-5,10-12H2,1-3H3,(H,21,25)/t14-,17+/m1/s1. The molecule has 1 aliphatic heterocycles. The second-order valence-electron chi connectivity index (χ2n) is 6.88. The number of carbonyl (C=O) groups excluding carboxylic acids is 2. The van der Waals surface area contributed by atoms with Crippen molar-refractivity contribution >= 4 is 11.8 Å². The Morgan fingerprint density at radius 3 is 2.78 bits per heavy atom. The second-order valence-corrected chi connectivity index (χ2v) is 6.88. The van der Waals surface area contributed by atoms with Crippen molar-refractivity contribution in [1.29, 1.82) is 0 Å². The summed E-state index contributed by atoms with van der Waals surface area (Å²) in [6.45, 7) is 8.24. The predicted molar refractivity (Wildman–Crippen MR) is 100 cm³/mol. The molecule has 0 bridgehead atoms. The number of likely N-dealkylation sites (N-methyl/N-ethyl adjacent to an activating group) is 1. The number of aromatic nitrogens is 2. The van der Waals surface area contributed by atoms with Crippen molar-refractivity contribution in [3.05, 3.63) is 41.5 Å². The summed E-state index contributed by atoms with van der Waals surface area (Å²) in [7, 11) is 0. The molecule has 1 saturated heterocycles. The maximum absolute atomic E-state index is 13.0. The molecule has 27 heavy (non-hydrogen) atoms. The maximum Gasteiger partial charge on any atom is 0.267 e. The van der Waals surface area contributed by atoms with E-state index in [1.54, 1.807) is 18.3 Å². The summed E-state index contributed by atoms with van der Waals surface area (Å²) in [5.41, 5.74) is 1.33. The molecule has 2 amide bonds. The van der Waals surface area contributed by atoms with Gasteiger partial charge in [-0.2, -0.15) is 0 Å². The number of nitrogens with one attached hydrogen (secondary N) is 2. The molecule has 0 spiro atoms. The van der Waals surface area contributed by atoms with Crippen LogP contribution >= 0.6 is 0 Å². The number of likely N-dealkylation sites (tertiary alicyclic amines) is 1. The Bertz CT molecular complexity index is 766. The van der Waals surface area contributed by atoms with Gasteiger partial charge in [0.25, 0.3) is 5.91 Å². The van der Waals surface area contributed by atoms with Crippen molar-refractivity contribution in [3.8, 4) is 0 Å². The third-order valence-corrected chi connectivity index (χ3v) is 4.98. The summed E-state index contributed by atoms with van der Waals surface area (Å²) in [5.74, 6) is 0.658. The van der Waals surface area contributed by atoms with E-state index in [0.29, 0.717) is 38.3 Å². The molecule has 0 unspecified atom stereocenters. The largest absolute Gasteiger partial charge is 0.360 e. The first kappa shape index (κ1) is 19.2. The smallest absolute Gasteiger partial charge is 0.267 e. The second kappa shape index (κ2) is 8.39. The number of hydrogen-bond donors (Lipinski definition) is 2. The highest BCUT2D eigenvalue weighted by atomic mass is 16.5. The van der Waals surface area contributed by atoms with Crippen molar-refractivity contribution in [2.45, 2.75) is 45.8 Å². The van der Waals surface area contributed by atoms with E-state index in [0.717, 1.165) is 11.5 Å². The van der Waals surface area contributed by atoms with E-state index in [1.165, 1.54) is 0 Å².